The molecule has 1 unspecified atom stereocenters. The number of hydrogen-bond donors (Lipinski definition) is 2. The van der Waals surface area contributed by atoms with Gasteiger partial charge < -0.3 is 10.4 Å². The quantitative estimate of drug-likeness (QED) is 0.875. The molecule has 1 aromatic carbocycles. The SMILES string of the molecule is CCC(C)[C@H](NC(=O)c1c(F)cccc1Cl)C(=O)O. The van der Waals surface area contributed by atoms with E-state index < -0.39 is 23.7 Å². The van der Waals surface area contributed by atoms with E-state index >= 15 is 0 Å². The first-order chi connectivity index (χ1) is 8.88. The second kappa shape index (κ2) is 6.52. The summed E-state index contributed by atoms with van der Waals surface area (Å²) in [6.45, 7) is 3.50. The maximum Gasteiger partial charge on any atom is 0.326 e. The Morgan fingerprint density at radius 2 is 2.11 bits per heavy atom. The van der Waals surface area contributed by atoms with Crippen molar-refractivity contribution < 1.29 is 19.1 Å². The van der Waals surface area contributed by atoms with Gasteiger partial charge in [-0.25, -0.2) is 9.18 Å². The molecule has 4 nitrogen and oxygen atoms in total. The molecule has 0 aliphatic rings. The van der Waals surface area contributed by atoms with Gasteiger partial charge in [0.2, 0.25) is 0 Å². The van der Waals surface area contributed by atoms with Crippen LogP contribution in [-0.4, -0.2) is 23.0 Å². The van der Waals surface area contributed by atoms with Gasteiger partial charge in [0.1, 0.15) is 11.9 Å². The lowest BCUT2D eigenvalue weighted by Crippen LogP contribution is -2.45. The summed E-state index contributed by atoms with van der Waals surface area (Å²) in [7, 11) is 0. The number of carboxylic acids is 1. The average Bonchev–Trinajstić information content (AvgIpc) is 2.34. The molecule has 1 aromatic rings. The number of carboxylic acid groups (broad SMARTS) is 1. The molecule has 1 rings (SSSR count). The minimum atomic E-state index is -1.16. The molecule has 0 aromatic heterocycles. The zero-order chi connectivity index (χ0) is 14.6. The molecule has 0 aliphatic carbocycles. The molecule has 104 valence electrons. The normalized spacial score (nSPS) is 13.7. The molecule has 0 spiro atoms. The van der Waals surface area contributed by atoms with Crippen molar-refractivity contribution in [2.24, 2.45) is 5.92 Å². The number of carbonyl (C=O) groups is 2. The van der Waals surface area contributed by atoms with E-state index in [1.807, 2.05) is 6.92 Å². The largest absolute Gasteiger partial charge is 0.480 e. The molecule has 0 fully saturated rings. The van der Waals surface area contributed by atoms with Crippen molar-refractivity contribution in [2.45, 2.75) is 26.3 Å². The van der Waals surface area contributed by atoms with Crippen LogP contribution in [0.1, 0.15) is 30.6 Å². The molecule has 0 saturated carbocycles. The standard InChI is InChI=1S/C13H15ClFNO3/c1-3-7(2)11(13(18)19)16-12(17)10-8(14)5-4-6-9(10)15/h4-7,11H,3H2,1-2H3,(H,16,17)(H,18,19)/t7?,11-/m0/s1. The summed E-state index contributed by atoms with van der Waals surface area (Å²) in [4.78, 5) is 23.0. The summed E-state index contributed by atoms with van der Waals surface area (Å²) in [5.41, 5.74) is -0.335. The van der Waals surface area contributed by atoms with Gasteiger partial charge in [0.25, 0.3) is 5.91 Å². The van der Waals surface area contributed by atoms with Crippen LogP contribution >= 0.6 is 11.6 Å². The minimum Gasteiger partial charge on any atom is -0.480 e. The van der Waals surface area contributed by atoms with Gasteiger partial charge in [-0.15, -0.1) is 0 Å². The first-order valence-electron chi connectivity index (χ1n) is 5.86. The van der Waals surface area contributed by atoms with Crippen molar-refractivity contribution in [3.63, 3.8) is 0 Å². The Kier molecular flexibility index (Phi) is 5.30. The van der Waals surface area contributed by atoms with E-state index in [0.717, 1.165) is 6.07 Å². The molecule has 0 bridgehead atoms. The zero-order valence-electron chi connectivity index (χ0n) is 10.6. The molecule has 0 aliphatic heterocycles. The van der Waals surface area contributed by atoms with Gasteiger partial charge in [-0.2, -0.15) is 0 Å². The van der Waals surface area contributed by atoms with Gasteiger partial charge in [0.05, 0.1) is 10.6 Å². The second-order valence-electron chi connectivity index (χ2n) is 4.27. The number of carbonyl (C=O) groups excluding carboxylic acids is 1. The van der Waals surface area contributed by atoms with Crippen LogP contribution in [0.15, 0.2) is 18.2 Å². The van der Waals surface area contributed by atoms with Crippen LogP contribution in [0.2, 0.25) is 5.02 Å². The van der Waals surface area contributed by atoms with E-state index in [9.17, 15) is 14.0 Å². The van der Waals surface area contributed by atoms with Gasteiger partial charge >= 0.3 is 5.97 Å². The number of benzene rings is 1. The van der Waals surface area contributed by atoms with Crippen molar-refractivity contribution in [2.75, 3.05) is 0 Å². The summed E-state index contributed by atoms with van der Waals surface area (Å²) in [6.07, 6.45) is 0.572. The van der Waals surface area contributed by atoms with E-state index in [-0.39, 0.29) is 16.5 Å². The Labute approximate surface area is 115 Å². The Morgan fingerprint density at radius 3 is 2.58 bits per heavy atom. The number of hydrogen-bond acceptors (Lipinski definition) is 2. The molecule has 0 saturated heterocycles. The molecule has 0 radical (unpaired) electrons. The lowest BCUT2D eigenvalue weighted by Gasteiger charge is -2.20. The predicted octanol–water partition coefficient (Wildman–Crippen LogP) is 2.71. The molecule has 6 heteroatoms. The topological polar surface area (TPSA) is 66.4 Å². The highest BCUT2D eigenvalue weighted by molar-refractivity contribution is 6.33. The number of nitrogens with one attached hydrogen (secondary N) is 1. The van der Waals surface area contributed by atoms with Crippen LogP contribution in [0.5, 0.6) is 0 Å². The van der Waals surface area contributed by atoms with Crippen molar-refractivity contribution >= 4 is 23.5 Å². The first kappa shape index (κ1) is 15.4. The second-order valence-corrected chi connectivity index (χ2v) is 4.68. The number of halogens is 2. The monoisotopic (exact) mass is 287 g/mol. The fourth-order valence-corrected chi connectivity index (χ4v) is 1.86. The van der Waals surface area contributed by atoms with E-state index in [1.165, 1.54) is 12.1 Å². The summed E-state index contributed by atoms with van der Waals surface area (Å²) in [6, 6.07) is 2.77. The summed E-state index contributed by atoms with van der Waals surface area (Å²) < 4.78 is 13.5. The first-order valence-corrected chi connectivity index (χ1v) is 6.24. The van der Waals surface area contributed by atoms with Gasteiger partial charge in [-0.05, 0) is 18.1 Å². The van der Waals surface area contributed by atoms with E-state index in [4.69, 9.17) is 16.7 Å². The minimum absolute atomic E-state index is 0.0502. The number of rotatable bonds is 5. The summed E-state index contributed by atoms with van der Waals surface area (Å²) in [5, 5.41) is 11.3. The lowest BCUT2D eigenvalue weighted by atomic mass is 9.99. The third kappa shape index (κ3) is 3.67. The Bertz CT molecular complexity index is 473. The van der Waals surface area contributed by atoms with Crippen LogP contribution in [0.25, 0.3) is 0 Å². The van der Waals surface area contributed by atoms with E-state index in [0.29, 0.717) is 6.42 Å². The highest BCUT2D eigenvalue weighted by Crippen LogP contribution is 2.19. The fourth-order valence-electron chi connectivity index (χ4n) is 1.61. The highest BCUT2D eigenvalue weighted by Gasteiger charge is 2.27. The average molecular weight is 288 g/mol. The van der Waals surface area contributed by atoms with E-state index in [1.54, 1.807) is 6.92 Å². The van der Waals surface area contributed by atoms with Crippen LogP contribution in [0.3, 0.4) is 0 Å². The maximum atomic E-state index is 13.5. The maximum absolute atomic E-state index is 13.5. The van der Waals surface area contributed by atoms with Crippen molar-refractivity contribution in [3.05, 3.63) is 34.6 Å². The summed E-state index contributed by atoms with van der Waals surface area (Å²) >= 11 is 5.75. The Balaban J connectivity index is 2.98. The smallest absolute Gasteiger partial charge is 0.326 e. The fraction of sp³-hybridized carbons (Fsp3) is 0.385. The third-order valence-corrected chi connectivity index (χ3v) is 3.27. The van der Waals surface area contributed by atoms with Crippen molar-refractivity contribution in [1.29, 1.82) is 0 Å². The molecule has 0 heterocycles. The van der Waals surface area contributed by atoms with Gasteiger partial charge in [-0.3, -0.25) is 4.79 Å². The van der Waals surface area contributed by atoms with Crippen LogP contribution in [0, 0.1) is 11.7 Å². The molecule has 2 N–H and O–H groups in total. The number of aliphatic carboxylic acids is 1. The molecule has 2 atom stereocenters. The van der Waals surface area contributed by atoms with Crippen LogP contribution < -0.4 is 5.32 Å². The van der Waals surface area contributed by atoms with Gasteiger partial charge in [0.15, 0.2) is 0 Å². The van der Waals surface area contributed by atoms with Gasteiger partial charge in [0, 0.05) is 0 Å². The third-order valence-electron chi connectivity index (χ3n) is 2.96. The van der Waals surface area contributed by atoms with Crippen LogP contribution in [0.4, 0.5) is 4.39 Å². The Hall–Kier alpha value is -1.62. The van der Waals surface area contributed by atoms with E-state index in [2.05, 4.69) is 5.32 Å². The molecular formula is C13H15ClFNO3. The van der Waals surface area contributed by atoms with Crippen molar-refractivity contribution in [1.82, 2.24) is 5.32 Å². The molecule has 1 amide bonds. The Morgan fingerprint density at radius 1 is 1.47 bits per heavy atom. The highest BCUT2D eigenvalue weighted by atomic mass is 35.5. The number of amides is 1. The predicted molar refractivity (Wildman–Crippen MR) is 69.8 cm³/mol. The lowest BCUT2D eigenvalue weighted by molar-refractivity contribution is -0.140. The van der Waals surface area contributed by atoms with Gasteiger partial charge in [-0.1, -0.05) is 37.9 Å². The molecule has 19 heavy (non-hydrogen) atoms. The van der Waals surface area contributed by atoms with Crippen LogP contribution in [-0.2, 0) is 4.79 Å². The summed E-state index contributed by atoms with van der Waals surface area (Å²) in [5.74, 6) is -3.03. The zero-order valence-corrected chi connectivity index (χ0v) is 11.4. The molecular weight excluding hydrogens is 273 g/mol. The van der Waals surface area contributed by atoms with Crippen molar-refractivity contribution in [3.8, 4) is 0 Å².